The van der Waals surface area contributed by atoms with Crippen LogP contribution in [0.3, 0.4) is 0 Å². The summed E-state index contributed by atoms with van der Waals surface area (Å²) in [6.45, 7) is 5.01. The van der Waals surface area contributed by atoms with E-state index in [2.05, 4.69) is 20.3 Å². The Morgan fingerprint density at radius 3 is 2.81 bits per heavy atom. The molecule has 1 N–H and O–H groups in total. The molecule has 2 aliphatic carbocycles. The summed E-state index contributed by atoms with van der Waals surface area (Å²) in [5.74, 6) is 0.436. The van der Waals surface area contributed by atoms with Crippen molar-refractivity contribution in [1.29, 1.82) is 0 Å². The topological polar surface area (TPSA) is 134 Å². The third-order valence-corrected chi connectivity index (χ3v) is 7.39. The van der Waals surface area contributed by atoms with E-state index in [1.807, 2.05) is 26.0 Å². The van der Waals surface area contributed by atoms with Crippen LogP contribution in [-0.2, 0) is 29.8 Å². The molecule has 2 saturated carbocycles. The molecular weight excluding hydrogens is 476 g/mol. The van der Waals surface area contributed by atoms with Gasteiger partial charge in [-0.1, -0.05) is 5.21 Å². The number of carboxylic acids is 1. The van der Waals surface area contributed by atoms with Crippen molar-refractivity contribution in [2.75, 3.05) is 6.61 Å². The maximum absolute atomic E-state index is 11.6. The van der Waals surface area contributed by atoms with Crippen LogP contribution in [0.2, 0.25) is 0 Å². The molecule has 0 radical (unpaired) electrons. The Kier molecular flexibility index (Phi) is 7.31. The minimum absolute atomic E-state index is 0.0162. The fraction of sp³-hybridized carbons (Fsp3) is 0.538. The number of aryl methyl sites for hydroxylation is 2. The Balaban J connectivity index is 1.26. The molecule has 4 atom stereocenters. The van der Waals surface area contributed by atoms with Crippen molar-refractivity contribution in [1.82, 2.24) is 29.9 Å². The van der Waals surface area contributed by atoms with E-state index in [0.29, 0.717) is 36.3 Å². The maximum atomic E-state index is 11.6. The minimum atomic E-state index is -0.677. The summed E-state index contributed by atoms with van der Waals surface area (Å²) in [6.07, 6.45) is 5.08. The van der Waals surface area contributed by atoms with Crippen molar-refractivity contribution < 1.29 is 24.1 Å². The first-order chi connectivity index (χ1) is 17.9. The summed E-state index contributed by atoms with van der Waals surface area (Å²) in [7, 11) is 1.80. The lowest BCUT2D eigenvalue weighted by Crippen LogP contribution is -2.21. The Morgan fingerprint density at radius 2 is 2.03 bits per heavy atom. The van der Waals surface area contributed by atoms with Gasteiger partial charge in [-0.3, -0.25) is 4.79 Å². The first-order valence-electron chi connectivity index (χ1n) is 12.7. The van der Waals surface area contributed by atoms with Crippen molar-refractivity contribution in [3.8, 4) is 23.1 Å². The summed E-state index contributed by atoms with van der Waals surface area (Å²) >= 11 is 0. The van der Waals surface area contributed by atoms with Crippen molar-refractivity contribution in [2.45, 2.75) is 58.8 Å². The number of pyridine rings is 1. The molecule has 3 heterocycles. The molecule has 2 fully saturated rings. The molecule has 11 nitrogen and oxygen atoms in total. The van der Waals surface area contributed by atoms with Gasteiger partial charge in [0, 0.05) is 19.9 Å². The summed E-state index contributed by atoms with van der Waals surface area (Å²) < 4.78 is 19.2. The molecule has 0 aliphatic heterocycles. The standard InChI is InChI=1S/C26H32N6O5/c1-4-35-13-17-9-10-27-26(29-17)36-14-22-24(30-31-32(22)3)21-7-8-23(15(2)28-21)37-18-11-16-5-6-19(25(33)34)20(16)12-18/h7-10,16,18-20H,4-6,11-14H2,1-3H3,(H,33,34)/t16-,18-,19-,20+/m1/s1. The van der Waals surface area contributed by atoms with E-state index in [1.54, 1.807) is 24.0 Å². The smallest absolute Gasteiger partial charge is 0.317 e. The molecule has 0 unspecified atom stereocenters. The molecule has 0 saturated heterocycles. The zero-order valence-corrected chi connectivity index (χ0v) is 21.3. The van der Waals surface area contributed by atoms with Crippen LogP contribution in [0.25, 0.3) is 11.4 Å². The van der Waals surface area contributed by atoms with Gasteiger partial charge in [0.2, 0.25) is 0 Å². The second-order valence-corrected chi connectivity index (χ2v) is 9.70. The number of hydrogen-bond donors (Lipinski definition) is 1. The highest BCUT2D eigenvalue weighted by Gasteiger charge is 2.47. The number of rotatable bonds is 10. The first kappa shape index (κ1) is 25.1. The Labute approximate surface area is 215 Å². The van der Waals surface area contributed by atoms with Gasteiger partial charge in [-0.25, -0.2) is 14.6 Å². The number of ether oxygens (including phenoxy) is 3. The van der Waals surface area contributed by atoms with Crippen LogP contribution < -0.4 is 9.47 Å². The van der Waals surface area contributed by atoms with Gasteiger partial charge in [0.15, 0.2) is 0 Å². The minimum Gasteiger partial charge on any atom is -0.489 e. The average molecular weight is 509 g/mol. The monoisotopic (exact) mass is 508 g/mol. The molecule has 11 heteroatoms. The molecule has 0 amide bonds. The van der Waals surface area contributed by atoms with Crippen LogP contribution in [0.15, 0.2) is 24.4 Å². The molecular formula is C26H32N6O5. The van der Waals surface area contributed by atoms with Gasteiger partial charge >= 0.3 is 12.0 Å². The lowest BCUT2D eigenvalue weighted by Gasteiger charge is -2.18. The number of aromatic nitrogens is 6. The molecule has 37 heavy (non-hydrogen) atoms. The molecule has 0 spiro atoms. The SMILES string of the molecule is CCOCc1ccnc(OCc2c(-c3ccc(O[C@@H]4C[C@H]5CC[C@@H](C(=O)O)[C@H]5C4)c(C)n3)nnn2C)n1. The first-order valence-corrected chi connectivity index (χ1v) is 12.7. The number of nitrogens with zero attached hydrogens (tertiary/aromatic N) is 6. The molecule has 0 aromatic carbocycles. The predicted octanol–water partition coefficient (Wildman–Crippen LogP) is 3.36. The summed E-state index contributed by atoms with van der Waals surface area (Å²) in [4.78, 5) is 24.9. The van der Waals surface area contributed by atoms with E-state index in [0.717, 1.165) is 42.8 Å². The van der Waals surface area contributed by atoms with Gasteiger partial charge in [0.05, 0.1) is 35.7 Å². The van der Waals surface area contributed by atoms with Crippen molar-refractivity contribution in [3.63, 3.8) is 0 Å². The van der Waals surface area contributed by atoms with E-state index in [4.69, 9.17) is 19.2 Å². The maximum Gasteiger partial charge on any atom is 0.317 e. The molecule has 5 rings (SSSR count). The van der Waals surface area contributed by atoms with Crippen molar-refractivity contribution in [3.05, 3.63) is 41.5 Å². The molecule has 196 valence electrons. The summed E-state index contributed by atoms with van der Waals surface area (Å²) in [5, 5.41) is 18.0. The zero-order valence-electron chi connectivity index (χ0n) is 21.3. The van der Waals surface area contributed by atoms with Crippen molar-refractivity contribution >= 4 is 5.97 Å². The quantitative estimate of drug-likeness (QED) is 0.434. The summed E-state index contributed by atoms with van der Waals surface area (Å²) in [6, 6.07) is 5.81. The van der Waals surface area contributed by atoms with Gasteiger partial charge in [0.1, 0.15) is 23.7 Å². The third kappa shape index (κ3) is 5.41. The lowest BCUT2D eigenvalue weighted by molar-refractivity contribution is -0.143. The molecule has 2 aliphatic rings. The average Bonchev–Trinajstić information content (AvgIpc) is 3.57. The Hall–Kier alpha value is -3.60. The fourth-order valence-corrected chi connectivity index (χ4v) is 5.53. The van der Waals surface area contributed by atoms with Gasteiger partial charge < -0.3 is 19.3 Å². The number of carbonyl (C=O) groups is 1. The van der Waals surface area contributed by atoms with E-state index in [9.17, 15) is 9.90 Å². The van der Waals surface area contributed by atoms with Gasteiger partial charge in [0.25, 0.3) is 0 Å². The number of hydrogen-bond acceptors (Lipinski definition) is 9. The van der Waals surface area contributed by atoms with Crippen LogP contribution in [0, 0.1) is 24.7 Å². The van der Waals surface area contributed by atoms with Crippen LogP contribution in [-0.4, -0.2) is 53.7 Å². The highest BCUT2D eigenvalue weighted by molar-refractivity contribution is 5.71. The number of aliphatic carboxylic acids is 1. The predicted molar refractivity (Wildman–Crippen MR) is 132 cm³/mol. The van der Waals surface area contributed by atoms with Crippen LogP contribution in [0.4, 0.5) is 0 Å². The Morgan fingerprint density at radius 1 is 1.16 bits per heavy atom. The van der Waals surface area contributed by atoms with Crippen LogP contribution in [0.1, 0.15) is 49.7 Å². The van der Waals surface area contributed by atoms with Crippen LogP contribution in [0.5, 0.6) is 11.8 Å². The highest BCUT2D eigenvalue weighted by Crippen LogP contribution is 2.48. The van der Waals surface area contributed by atoms with Crippen molar-refractivity contribution in [2.24, 2.45) is 24.8 Å². The third-order valence-electron chi connectivity index (χ3n) is 7.39. The summed E-state index contributed by atoms with van der Waals surface area (Å²) in [5.41, 5.74) is 3.50. The Bertz CT molecular complexity index is 1260. The second-order valence-electron chi connectivity index (χ2n) is 9.70. The van der Waals surface area contributed by atoms with E-state index >= 15 is 0 Å². The van der Waals surface area contributed by atoms with Gasteiger partial charge in [-0.15, -0.1) is 5.10 Å². The highest BCUT2D eigenvalue weighted by atomic mass is 16.5. The second kappa shape index (κ2) is 10.8. The van der Waals surface area contributed by atoms with E-state index in [1.165, 1.54) is 0 Å². The molecule has 3 aromatic rings. The molecule has 0 bridgehead atoms. The lowest BCUT2D eigenvalue weighted by atomic mass is 9.92. The van der Waals surface area contributed by atoms with Gasteiger partial charge in [-0.2, -0.15) is 4.98 Å². The normalized spacial score (nSPS) is 22.7. The zero-order chi connectivity index (χ0) is 25.9. The number of fused-ring (bicyclic) bond motifs is 1. The van der Waals surface area contributed by atoms with Crippen LogP contribution >= 0.6 is 0 Å². The fourth-order valence-electron chi connectivity index (χ4n) is 5.53. The molecule has 3 aromatic heterocycles. The van der Waals surface area contributed by atoms with E-state index < -0.39 is 5.97 Å². The largest absolute Gasteiger partial charge is 0.489 e. The van der Waals surface area contributed by atoms with E-state index in [-0.39, 0.29) is 30.6 Å². The van der Waals surface area contributed by atoms with Gasteiger partial charge in [-0.05, 0) is 69.6 Å². The number of carboxylic acid groups (broad SMARTS) is 1.